The molecule has 0 saturated carbocycles. The zero-order chi connectivity index (χ0) is 27.2. The van der Waals surface area contributed by atoms with Gasteiger partial charge in [-0.2, -0.15) is 10.1 Å². The van der Waals surface area contributed by atoms with Crippen molar-refractivity contribution < 1.29 is 14.6 Å². The number of fused-ring (bicyclic) bond motifs is 1. The number of nitrogens with one attached hydrogen (secondary N) is 2. The van der Waals surface area contributed by atoms with E-state index < -0.39 is 6.23 Å². The van der Waals surface area contributed by atoms with Crippen molar-refractivity contribution in [3.63, 3.8) is 0 Å². The van der Waals surface area contributed by atoms with Crippen LogP contribution in [0, 0.1) is 0 Å². The van der Waals surface area contributed by atoms with Gasteiger partial charge in [-0.3, -0.25) is 0 Å². The van der Waals surface area contributed by atoms with E-state index >= 15 is 0 Å². The topological polar surface area (TPSA) is 113 Å². The second-order valence-electron chi connectivity index (χ2n) is 8.96. The molecule has 200 valence electrons. The van der Waals surface area contributed by atoms with Crippen LogP contribution in [0.1, 0.15) is 0 Å². The quantitative estimate of drug-likeness (QED) is 0.190. The summed E-state index contributed by atoms with van der Waals surface area (Å²) in [6, 6.07) is 11.3. The Labute approximate surface area is 222 Å². The Balaban J connectivity index is 1.68. The average molecular weight is 519 g/mol. The van der Waals surface area contributed by atoms with E-state index in [2.05, 4.69) is 42.1 Å². The molecule has 11 nitrogen and oxygen atoms in total. The van der Waals surface area contributed by atoms with Crippen LogP contribution < -0.4 is 25.0 Å². The van der Waals surface area contributed by atoms with E-state index in [1.807, 2.05) is 51.5 Å². The van der Waals surface area contributed by atoms with E-state index in [0.29, 0.717) is 28.9 Å². The van der Waals surface area contributed by atoms with Crippen LogP contribution in [0.5, 0.6) is 11.5 Å². The fourth-order valence-electron chi connectivity index (χ4n) is 3.92. The van der Waals surface area contributed by atoms with Gasteiger partial charge in [-0.15, -0.1) is 0 Å². The first-order valence-corrected chi connectivity index (χ1v) is 12.1. The van der Waals surface area contributed by atoms with Crippen LogP contribution >= 0.6 is 0 Å². The standard InChI is InChI=1S/C27H34N8O3/c1-7-26(36)30-20-15-21(24(38-6)16-23(20)34(4)13-12-33(2)3)31-27-28-11-10-25(32-27)35-22-9-8-19(37-5)14-18(22)17-29-35/h7-11,14-17,26,30,36H,1,12-13H2,2-6H3,(H,28,31,32). The highest BCUT2D eigenvalue weighted by atomic mass is 16.5. The van der Waals surface area contributed by atoms with Crippen LogP contribution in [0.15, 0.2) is 61.4 Å². The molecule has 0 aliphatic carbocycles. The van der Waals surface area contributed by atoms with Crippen LogP contribution in [-0.2, 0) is 0 Å². The highest BCUT2D eigenvalue weighted by molar-refractivity contribution is 5.82. The Morgan fingerprint density at radius 2 is 1.89 bits per heavy atom. The molecule has 2 aromatic heterocycles. The number of nitrogens with zero attached hydrogens (tertiary/aromatic N) is 6. The SMILES string of the molecule is C=CC(O)Nc1cc(Nc2nccc(-n3ncc4cc(OC)ccc43)n2)c(OC)cc1N(C)CCN(C)C. The third-order valence-electron chi connectivity index (χ3n) is 6.02. The summed E-state index contributed by atoms with van der Waals surface area (Å²) in [6.45, 7) is 5.31. The summed E-state index contributed by atoms with van der Waals surface area (Å²) in [4.78, 5) is 13.3. The van der Waals surface area contributed by atoms with Gasteiger partial charge in [0.05, 0.1) is 43.0 Å². The number of aliphatic hydroxyl groups excluding tert-OH is 1. The van der Waals surface area contributed by atoms with Gasteiger partial charge in [0, 0.05) is 43.9 Å². The summed E-state index contributed by atoms with van der Waals surface area (Å²) in [6.07, 6.45) is 3.93. The molecule has 0 radical (unpaired) electrons. The van der Waals surface area contributed by atoms with E-state index in [9.17, 15) is 5.11 Å². The molecular formula is C27H34N8O3. The van der Waals surface area contributed by atoms with E-state index in [0.717, 1.165) is 35.4 Å². The Morgan fingerprint density at radius 1 is 1.08 bits per heavy atom. The number of aliphatic hydroxyl groups is 1. The highest BCUT2D eigenvalue weighted by Crippen LogP contribution is 2.38. The second kappa shape index (κ2) is 11.8. The van der Waals surface area contributed by atoms with Gasteiger partial charge >= 0.3 is 0 Å². The molecule has 2 heterocycles. The zero-order valence-electron chi connectivity index (χ0n) is 22.3. The van der Waals surface area contributed by atoms with Crippen LogP contribution in [0.3, 0.4) is 0 Å². The molecule has 2 aromatic carbocycles. The number of benzene rings is 2. The van der Waals surface area contributed by atoms with Crippen molar-refractivity contribution in [2.24, 2.45) is 0 Å². The molecule has 1 unspecified atom stereocenters. The van der Waals surface area contributed by atoms with Gasteiger partial charge in [0.15, 0.2) is 5.82 Å². The number of hydrogen-bond donors (Lipinski definition) is 3. The number of anilines is 4. The molecule has 0 aliphatic rings. The molecule has 11 heteroatoms. The van der Waals surface area contributed by atoms with Crippen LogP contribution in [0.4, 0.5) is 23.0 Å². The summed E-state index contributed by atoms with van der Waals surface area (Å²) in [5.41, 5.74) is 3.08. The van der Waals surface area contributed by atoms with E-state index in [4.69, 9.17) is 9.47 Å². The van der Waals surface area contributed by atoms with E-state index in [1.54, 1.807) is 37.4 Å². The molecule has 1 atom stereocenters. The first kappa shape index (κ1) is 26.7. The van der Waals surface area contributed by atoms with Gasteiger partial charge in [0.2, 0.25) is 5.95 Å². The Hall–Kier alpha value is -4.35. The van der Waals surface area contributed by atoms with Gasteiger partial charge in [0.25, 0.3) is 0 Å². The second-order valence-corrected chi connectivity index (χ2v) is 8.96. The molecule has 3 N–H and O–H groups in total. The lowest BCUT2D eigenvalue weighted by Gasteiger charge is -2.27. The summed E-state index contributed by atoms with van der Waals surface area (Å²) < 4.78 is 12.8. The number of likely N-dealkylation sites (N-methyl/N-ethyl adjacent to an activating group) is 2. The lowest BCUT2D eigenvalue weighted by Crippen LogP contribution is -2.29. The molecule has 0 amide bonds. The average Bonchev–Trinajstić information content (AvgIpc) is 3.35. The molecular weight excluding hydrogens is 484 g/mol. The van der Waals surface area contributed by atoms with Crippen molar-refractivity contribution in [3.8, 4) is 17.3 Å². The molecule has 4 rings (SSSR count). The normalized spacial score (nSPS) is 11.9. The lowest BCUT2D eigenvalue weighted by atomic mass is 10.2. The third-order valence-corrected chi connectivity index (χ3v) is 6.02. The number of ether oxygens (including phenoxy) is 2. The smallest absolute Gasteiger partial charge is 0.229 e. The first-order chi connectivity index (χ1) is 18.3. The van der Waals surface area contributed by atoms with E-state index in [-0.39, 0.29) is 0 Å². The Bertz CT molecular complexity index is 1400. The van der Waals surface area contributed by atoms with Crippen LogP contribution in [0.25, 0.3) is 16.7 Å². The minimum atomic E-state index is -0.927. The molecule has 0 fully saturated rings. The van der Waals surface area contributed by atoms with Gasteiger partial charge < -0.3 is 35.0 Å². The summed E-state index contributed by atoms with van der Waals surface area (Å²) in [5, 5.41) is 22.0. The summed E-state index contributed by atoms with van der Waals surface area (Å²) >= 11 is 0. The maximum Gasteiger partial charge on any atom is 0.229 e. The maximum atomic E-state index is 10.3. The van der Waals surface area contributed by atoms with Gasteiger partial charge in [-0.25, -0.2) is 9.67 Å². The van der Waals surface area contributed by atoms with Crippen molar-refractivity contribution in [3.05, 3.63) is 61.4 Å². The molecule has 0 bridgehead atoms. The largest absolute Gasteiger partial charge is 0.497 e. The minimum absolute atomic E-state index is 0.363. The monoisotopic (exact) mass is 518 g/mol. The first-order valence-electron chi connectivity index (χ1n) is 12.1. The lowest BCUT2D eigenvalue weighted by molar-refractivity contribution is 0.253. The minimum Gasteiger partial charge on any atom is -0.497 e. The molecule has 0 saturated heterocycles. The van der Waals surface area contributed by atoms with Crippen molar-refractivity contribution in [2.75, 3.05) is 64.0 Å². The van der Waals surface area contributed by atoms with Crippen molar-refractivity contribution >= 4 is 33.9 Å². The zero-order valence-corrected chi connectivity index (χ0v) is 22.3. The number of methoxy groups -OCH3 is 2. The predicted molar refractivity (Wildman–Crippen MR) is 151 cm³/mol. The van der Waals surface area contributed by atoms with Crippen molar-refractivity contribution in [1.82, 2.24) is 24.6 Å². The maximum absolute atomic E-state index is 10.3. The van der Waals surface area contributed by atoms with Crippen molar-refractivity contribution in [2.45, 2.75) is 6.23 Å². The van der Waals surface area contributed by atoms with E-state index in [1.165, 1.54) is 6.08 Å². The molecule has 4 aromatic rings. The summed E-state index contributed by atoms with van der Waals surface area (Å²) in [5.74, 6) is 2.32. The Morgan fingerprint density at radius 3 is 2.61 bits per heavy atom. The third kappa shape index (κ3) is 5.96. The summed E-state index contributed by atoms with van der Waals surface area (Å²) in [7, 11) is 9.29. The van der Waals surface area contributed by atoms with Gasteiger partial charge in [-0.1, -0.05) is 6.58 Å². The van der Waals surface area contributed by atoms with Crippen LogP contribution in [0.2, 0.25) is 0 Å². The molecule has 0 spiro atoms. The number of rotatable bonds is 12. The van der Waals surface area contributed by atoms with Gasteiger partial charge in [0.1, 0.15) is 17.7 Å². The van der Waals surface area contributed by atoms with Crippen LogP contribution in [-0.4, -0.2) is 84.4 Å². The number of hydrogen-bond acceptors (Lipinski definition) is 10. The highest BCUT2D eigenvalue weighted by Gasteiger charge is 2.17. The molecule has 38 heavy (non-hydrogen) atoms. The van der Waals surface area contributed by atoms with Gasteiger partial charge in [-0.05, 0) is 44.4 Å². The predicted octanol–water partition coefficient (Wildman–Crippen LogP) is 3.49. The number of aromatic nitrogens is 4. The van der Waals surface area contributed by atoms with Crippen molar-refractivity contribution in [1.29, 1.82) is 0 Å². The fraction of sp³-hybridized carbons (Fsp3) is 0.296. The Kier molecular flexibility index (Phi) is 8.29. The molecule has 0 aliphatic heterocycles. The fourth-order valence-corrected chi connectivity index (χ4v) is 3.92.